The third-order valence-electron chi connectivity index (χ3n) is 4.92. The van der Waals surface area contributed by atoms with E-state index in [-0.39, 0.29) is 0 Å². The van der Waals surface area contributed by atoms with Crippen molar-refractivity contribution in [3.05, 3.63) is 66.1 Å². The number of rotatable bonds is 6. The normalized spacial score (nSPS) is 13.2. The zero-order valence-corrected chi connectivity index (χ0v) is 17.6. The summed E-state index contributed by atoms with van der Waals surface area (Å²) in [6.45, 7) is 0.797. The van der Waals surface area contributed by atoms with Crippen LogP contribution in [0.2, 0.25) is 0 Å². The van der Waals surface area contributed by atoms with Gasteiger partial charge in [0.05, 0.1) is 26.2 Å². The van der Waals surface area contributed by atoms with Crippen molar-refractivity contribution < 1.29 is 32.5 Å². The lowest BCUT2D eigenvalue weighted by molar-refractivity contribution is -0.344. The Balaban J connectivity index is 0.000000360. The number of ether oxygens (including phenoxy) is 2. The van der Waals surface area contributed by atoms with E-state index in [9.17, 15) is 13.2 Å². The Morgan fingerprint density at radius 1 is 1.12 bits per heavy atom. The summed E-state index contributed by atoms with van der Waals surface area (Å²) in [6.07, 6.45) is -0.785. The Morgan fingerprint density at radius 3 is 2.41 bits per heavy atom. The predicted octanol–water partition coefficient (Wildman–Crippen LogP) is 3.79. The number of carboxylic acid groups (broad SMARTS) is 1. The quantitative estimate of drug-likeness (QED) is 0.575. The van der Waals surface area contributed by atoms with Crippen LogP contribution in [0.15, 0.2) is 54.9 Å². The third-order valence-corrected chi connectivity index (χ3v) is 4.92. The highest BCUT2D eigenvalue weighted by Crippen LogP contribution is 2.45. The van der Waals surface area contributed by atoms with Crippen LogP contribution >= 0.6 is 0 Å². The van der Waals surface area contributed by atoms with Crippen molar-refractivity contribution in [3.63, 3.8) is 0 Å². The van der Waals surface area contributed by atoms with Gasteiger partial charge in [-0.15, -0.1) is 0 Å². The predicted molar refractivity (Wildman–Crippen MR) is 109 cm³/mol. The second-order valence-corrected chi connectivity index (χ2v) is 7.22. The molecule has 0 bridgehead atoms. The summed E-state index contributed by atoms with van der Waals surface area (Å²) in [5.41, 5.74) is 4.64. The number of aliphatic carboxylic acids is 1. The number of carbonyl (C=O) groups excluding carboxylic acids is 1. The van der Waals surface area contributed by atoms with Gasteiger partial charge >= 0.3 is 6.18 Å². The molecular weight excluding hydrogens is 425 g/mol. The fourth-order valence-corrected chi connectivity index (χ4v) is 3.32. The number of imidazole rings is 1. The molecule has 0 spiro atoms. The Labute approximate surface area is 183 Å². The molecule has 0 atom stereocenters. The van der Waals surface area contributed by atoms with Crippen LogP contribution in [0, 0.1) is 0 Å². The van der Waals surface area contributed by atoms with Crippen molar-refractivity contribution >= 4 is 5.97 Å². The smallest absolute Gasteiger partial charge is 0.430 e. The average molecular weight is 447 g/mol. The van der Waals surface area contributed by atoms with Crippen molar-refractivity contribution in [1.82, 2.24) is 9.55 Å². The fraction of sp³-hybridized carbons (Fsp3) is 0.304. The molecule has 0 aliphatic heterocycles. The minimum atomic E-state index is -5.19. The number of hydrogen-bond acceptors (Lipinski definition) is 5. The number of hydrogen-bond donors (Lipinski definition) is 0. The van der Waals surface area contributed by atoms with E-state index in [0.29, 0.717) is 5.92 Å². The highest BCUT2D eigenvalue weighted by atomic mass is 19.4. The van der Waals surface area contributed by atoms with Crippen LogP contribution in [0.1, 0.15) is 30.0 Å². The lowest BCUT2D eigenvalue weighted by atomic mass is 10.1. The molecule has 1 saturated carbocycles. The summed E-state index contributed by atoms with van der Waals surface area (Å²) in [5, 5.41) is 8.78. The highest BCUT2D eigenvalue weighted by molar-refractivity contribution is 5.71. The number of benzene rings is 2. The number of alkyl halides is 3. The molecule has 3 aromatic rings. The maximum atomic E-state index is 10.5. The van der Waals surface area contributed by atoms with Gasteiger partial charge in [0.25, 0.3) is 0 Å². The van der Waals surface area contributed by atoms with Crippen molar-refractivity contribution in [1.29, 1.82) is 0 Å². The van der Waals surface area contributed by atoms with E-state index in [0.717, 1.165) is 29.3 Å². The Hall–Kier alpha value is -3.49. The van der Waals surface area contributed by atoms with Crippen molar-refractivity contribution in [2.45, 2.75) is 31.5 Å². The third kappa shape index (κ3) is 5.60. The van der Waals surface area contributed by atoms with E-state index >= 15 is 0 Å². The molecule has 0 saturated heterocycles. The summed E-state index contributed by atoms with van der Waals surface area (Å²) >= 11 is 0. The molecule has 1 fully saturated rings. The molecule has 1 heterocycles. The summed E-state index contributed by atoms with van der Waals surface area (Å²) in [4.78, 5) is 13.5. The van der Waals surface area contributed by atoms with Crippen molar-refractivity contribution in [2.24, 2.45) is 0 Å². The van der Waals surface area contributed by atoms with Crippen LogP contribution in [0.5, 0.6) is 11.5 Å². The molecule has 32 heavy (non-hydrogen) atoms. The summed E-state index contributed by atoms with van der Waals surface area (Å²) in [6, 6.07) is 16.3. The summed E-state index contributed by atoms with van der Waals surface area (Å²) in [7, 11) is 3.41. The first-order valence-corrected chi connectivity index (χ1v) is 9.84. The number of para-hydroxylation sites is 1. The molecule has 0 N–H and O–H groups in total. The number of aromatic nitrogens is 2. The van der Waals surface area contributed by atoms with Gasteiger partial charge in [-0.05, 0) is 42.7 Å². The zero-order valence-electron chi connectivity index (χ0n) is 17.6. The lowest BCUT2D eigenvalue weighted by Crippen LogP contribution is -2.37. The largest absolute Gasteiger partial charge is 0.542 e. The average Bonchev–Trinajstić information content (AvgIpc) is 3.53. The van der Waals surface area contributed by atoms with E-state index in [4.69, 9.17) is 24.4 Å². The van der Waals surface area contributed by atoms with E-state index in [2.05, 4.69) is 22.8 Å². The van der Waals surface area contributed by atoms with Crippen LogP contribution in [0.3, 0.4) is 0 Å². The monoisotopic (exact) mass is 447 g/mol. The fourth-order valence-electron chi connectivity index (χ4n) is 3.32. The summed E-state index contributed by atoms with van der Waals surface area (Å²) in [5.74, 6) is -0.660. The minimum absolute atomic E-state index is 0.591. The topological polar surface area (TPSA) is 76.4 Å². The molecule has 1 aliphatic carbocycles. The van der Waals surface area contributed by atoms with Crippen LogP contribution < -0.4 is 14.6 Å². The van der Waals surface area contributed by atoms with Gasteiger partial charge in [0.1, 0.15) is 17.5 Å². The second-order valence-electron chi connectivity index (χ2n) is 7.22. The van der Waals surface area contributed by atoms with Gasteiger partial charge < -0.3 is 23.9 Å². The number of carbonyl (C=O) groups is 1. The van der Waals surface area contributed by atoms with Gasteiger partial charge in [-0.3, -0.25) is 0 Å². The van der Waals surface area contributed by atoms with E-state index < -0.39 is 12.1 Å². The van der Waals surface area contributed by atoms with E-state index in [1.54, 1.807) is 14.2 Å². The Bertz CT molecular complexity index is 1080. The maximum absolute atomic E-state index is 10.5. The van der Waals surface area contributed by atoms with Crippen LogP contribution in [0.4, 0.5) is 13.2 Å². The molecule has 1 aliphatic rings. The number of methoxy groups -OCH3 is 2. The van der Waals surface area contributed by atoms with Gasteiger partial charge in [0, 0.05) is 23.7 Å². The van der Waals surface area contributed by atoms with E-state index in [1.165, 1.54) is 24.1 Å². The number of carboxylic acids is 1. The van der Waals surface area contributed by atoms with Crippen molar-refractivity contribution in [2.75, 3.05) is 14.2 Å². The molecular formula is C23H22F3N2O4-. The van der Waals surface area contributed by atoms with Gasteiger partial charge in [-0.2, -0.15) is 13.2 Å². The maximum Gasteiger partial charge on any atom is 0.430 e. The number of nitrogens with zero attached hydrogens (tertiary/aromatic N) is 2. The van der Waals surface area contributed by atoms with Crippen LogP contribution in [0.25, 0.3) is 11.3 Å². The van der Waals surface area contributed by atoms with Crippen LogP contribution in [-0.4, -0.2) is 35.9 Å². The SMILES string of the molecule is COc1cccc(Cn2cnc(-c3ccccc3OC)c2C2CC2)c1.O=C([O-])C(F)(F)F. The first kappa shape index (κ1) is 23.2. The van der Waals surface area contributed by atoms with Gasteiger partial charge in [0.15, 0.2) is 0 Å². The molecule has 4 rings (SSSR count). The molecule has 6 nitrogen and oxygen atoms in total. The Kier molecular flexibility index (Phi) is 7.07. The molecule has 0 amide bonds. The first-order valence-electron chi connectivity index (χ1n) is 9.84. The van der Waals surface area contributed by atoms with Gasteiger partial charge in [-0.1, -0.05) is 24.3 Å². The van der Waals surface area contributed by atoms with Gasteiger partial charge in [0.2, 0.25) is 0 Å². The molecule has 0 radical (unpaired) electrons. The standard InChI is InChI=1S/C21H22N2O2.C2HF3O2/c1-24-17-7-5-6-15(12-17)13-23-14-22-20(21(23)16-10-11-16)18-8-3-4-9-19(18)25-2;3-2(4,5)1(6)7/h3-9,12,14,16H,10-11,13H2,1-2H3;(H,6,7)/p-1. The molecule has 1 aromatic heterocycles. The Morgan fingerprint density at radius 2 is 1.81 bits per heavy atom. The van der Waals surface area contributed by atoms with Crippen LogP contribution in [-0.2, 0) is 11.3 Å². The zero-order chi connectivity index (χ0) is 23.3. The lowest BCUT2D eigenvalue weighted by Gasteiger charge is -2.12. The van der Waals surface area contributed by atoms with E-state index in [1.807, 2.05) is 36.7 Å². The molecule has 0 unspecified atom stereocenters. The first-order chi connectivity index (χ1) is 15.2. The number of halogens is 3. The second kappa shape index (κ2) is 9.76. The summed E-state index contributed by atoms with van der Waals surface area (Å²) < 4.78 is 44.7. The van der Waals surface area contributed by atoms with Gasteiger partial charge in [-0.25, -0.2) is 4.98 Å². The molecule has 9 heteroatoms. The molecule has 170 valence electrons. The molecule has 2 aromatic carbocycles. The minimum Gasteiger partial charge on any atom is -0.542 e. The van der Waals surface area contributed by atoms with Crippen molar-refractivity contribution in [3.8, 4) is 22.8 Å². The highest BCUT2D eigenvalue weighted by Gasteiger charge is 2.31.